The highest BCUT2D eigenvalue weighted by atomic mass is 16.1. The Labute approximate surface area is 106 Å². The minimum atomic E-state index is 0.741. The van der Waals surface area contributed by atoms with Crippen LogP contribution in [-0.4, -0.2) is 6.29 Å². The number of aldehydes is 1. The van der Waals surface area contributed by atoms with Gasteiger partial charge >= 0.3 is 0 Å². The van der Waals surface area contributed by atoms with Crippen LogP contribution in [0.3, 0.4) is 0 Å². The first-order chi connectivity index (χ1) is 8.88. The van der Waals surface area contributed by atoms with E-state index in [-0.39, 0.29) is 0 Å². The van der Waals surface area contributed by atoms with E-state index in [2.05, 4.69) is 29.3 Å². The molecule has 0 aromatic heterocycles. The standard InChI is InChI=1S/C16H13NO/c18-12-14-6-4-5-13-9-10-17(11-16(13)14)15-7-2-1-3-8-15/h1-10,12H,11H2. The van der Waals surface area contributed by atoms with Gasteiger partial charge in [-0.3, -0.25) is 4.79 Å². The van der Waals surface area contributed by atoms with Crippen molar-refractivity contribution in [3.05, 3.63) is 71.4 Å². The summed E-state index contributed by atoms with van der Waals surface area (Å²) in [6.45, 7) is 0.741. The van der Waals surface area contributed by atoms with Gasteiger partial charge in [0.15, 0.2) is 0 Å². The third-order valence-electron chi connectivity index (χ3n) is 3.23. The van der Waals surface area contributed by atoms with Gasteiger partial charge in [0, 0.05) is 24.0 Å². The van der Waals surface area contributed by atoms with Crippen molar-refractivity contribution in [3.63, 3.8) is 0 Å². The molecule has 0 amide bonds. The molecule has 1 aliphatic heterocycles. The maximum Gasteiger partial charge on any atom is 0.150 e. The number of benzene rings is 2. The molecule has 0 fully saturated rings. The smallest absolute Gasteiger partial charge is 0.150 e. The Morgan fingerprint density at radius 2 is 1.83 bits per heavy atom. The summed E-state index contributed by atoms with van der Waals surface area (Å²) in [4.78, 5) is 13.2. The zero-order valence-corrected chi connectivity index (χ0v) is 9.91. The molecule has 0 spiro atoms. The minimum Gasteiger partial charge on any atom is -0.343 e. The Kier molecular flexibility index (Phi) is 2.69. The van der Waals surface area contributed by atoms with Crippen LogP contribution < -0.4 is 4.90 Å². The molecule has 0 saturated carbocycles. The zero-order valence-electron chi connectivity index (χ0n) is 9.91. The van der Waals surface area contributed by atoms with Crippen molar-refractivity contribution in [2.24, 2.45) is 0 Å². The van der Waals surface area contributed by atoms with Crippen LogP contribution in [0, 0.1) is 0 Å². The van der Waals surface area contributed by atoms with Crippen LogP contribution in [0.5, 0.6) is 0 Å². The Balaban J connectivity index is 2.00. The van der Waals surface area contributed by atoms with Crippen molar-refractivity contribution in [1.29, 1.82) is 0 Å². The van der Waals surface area contributed by atoms with Gasteiger partial charge in [-0.25, -0.2) is 0 Å². The van der Waals surface area contributed by atoms with Gasteiger partial charge < -0.3 is 4.90 Å². The van der Waals surface area contributed by atoms with Crippen molar-refractivity contribution in [2.75, 3.05) is 4.90 Å². The summed E-state index contributed by atoms with van der Waals surface area (Å²) in [5, 5.41) is 0. The zero-order chi connectivity index (χ0) is 12.4. The highest BCUT2D eigenvalue weighted by Crippen LogP contribution is 2.26. The van der Waals surface area contributed by atoms with Crippen molar-refractivity contribution in [2.45, 2.75) is 6.54 Å². The molecular formula is C16H13NO. The highest BCUT2D eigenvalue weighted by Gasteiger charge is 2.14. The minimum absolute atomic E-state index is 0.741. The van der Waals surface area contributed by atoms with Crippen LogP contribution in [0.25, 0.3) is 6.08 Å². The Bertz CT molecular complexity index is 602. The summed E-state index contributed by atoms with van der Waals surface area (Å²) in [7, 11) is 0. The molecule has 2 heteroatoms. The molecule has 2 nitrogen and oxygen atoms in total. The molecule has 18 heavy (non-hydrogen) atoms. The molecule has 0 aliphatic carbocycles. The topological polar surface area (TPSA) is 20.3 Å². The fourth-order valence-electron chi connectivity index (χ4n) is 2.26. The summed E-state index contributed by atoms with van der Waals surface area (Å²) >= 11 is 0. The largest absolute Gasteiger partial charge is 0.343 e. The highest BCUT2D eigenvalue weighted by molar-refractivity contribution is 5.81. The lowest BCUT2D eigenvalue weighted by Gasteiger charge is -2.26. The molecule has 0 bridgehead atoms. The van der Waals surface area contributed by atoms with Crippen molar-refractivity contribution < 1.29 is 4.79 Å². The summed E-state index contributed by atoms with van der Waals surface area (Å²) in [6.07, 6.45) is 5.05. The van der Waals surface area contributed by atoms with E-state index in [1.807, 2.05) is 36.4 Å². The van der Waals surface area contributed by atoms with Crippen molar-refractivity contribution in [1.82, 2.24) is 0 Å². The monoisotopic (exact) mass is 235 g/mol. The van der Waals surface area contributed by atoms with E-state index in [1.165, 1.54) is 0 Å². The molecule has 0 unspecified atom stereocenters. The Hall–Kier alpha value is -2.35. The molecule has 88 valence electrons. The fraction of sp³-hybridized carbons (Fsp3) is 0.0625. The maximum atomic E-state index is 11.1. The summed E-state index contributed by atoms with van der Waals surface area (Å²) in [5.74, 6) is 0. The quantitative estimate of drug-likeness (QED) is 0.743. The van der Waals surface area contributed by atoms with Crippen molar-refractivity contribution in [3.8, 4) is 0 Å². The molecule has 2 aromatic carbocycles. The summed E-state index contributed by atoms with van der Waals surface area (Å²) in [5.41, 5.74) is 4.14. The third-order valence-corrected chi connectivity index (χ3v) is 3.23. The molecule has 0 radical (unpaired) electrons. The van der Waals surface area contributed by atoms with Gasteiger partial charge in [0.05, 0.1) is 0 Å². The van der Waals surface area contributed by atoms with Crippen LogP contribution in [0.1, 0.15) is 21.5 Å². The number of carbonyl (C=O) groups excluding carboxylic acids is 1. The van der Waals surface area contributed by atoms with Gasteiger partial charge in [-0.15, -0.1) is 0 Å². The molecular weight excluding hydrogens is 222 g/mol. The lowest BCUT2D eigenvalue weighted by Crippen LogP contribution is -2.20. The second kappa shape index (κ2) is 4.49. The normalized spacial score (nSPS) is 13.2. The van der Waals surface area contributed by atoms with Gasteiger partial charge in [-0.05, 0) is 29.3 Å². The van der Waals surface area contributed by atoms with Crippen molar-refractivity contribution >= 4 is 18.0 Å². The third kappa shape index (κ3) is 1.82. The molecule has 0 saturated heterocycles. The molecule has 0 N–H and O–H groups in total. The first-order valence-corrected chi connectivity index (χ1v) is 5.95. The summed E-state index contributed by atoms with van der Waals surface area (Å²) in [6, 6.07) is 16.0. The van der Waals surface area contributed by atoms with E-state index in [4.69, 9.17) is 0 Å². The van der Waals surface area contributed by atoms with Crippen LogP contribution >= 0.6 is 0 Å². The number of rotatable bonds is 2. The van der Waals surface area contributed by atoms with Crippen LogP contribution in [0.2, 0.25) is 0 Å². The van der Waals surface area contributed by atoms with E-state index in [9.17, 15) is 4.79 Å². The van der Waals surface area contributed by atoms with E-state index in [1.54, 1.807) is 0 Å². The van der Waals surface area contributed by atoms with Crippen LogP contribution in [0.15, 0.2) is 54.7 Å². The molecule has 3 rings (SSSR count). The van der Waals surface area contributed by atoms with Gasteiger partial charge in [-0.2, -0.15) is 0 Å². The lowest BCUT2D eigenvalue weighted by molar-refractivity contribution is 0.112. The number of hydrogen-bond donors (Lipinski definition) is 0. The van der Waals surface area contributed by atoms with E-state index >= 15 is 0 Å². The number of anilines is 1. The van der Waals surface area contributed by atoms with E-state index < -0.39 is 0 Å². The number of carbonyl (C=O) groups is 1. The first-order valence-electron chi connectivity index (χ1n) is 5.95. The second-order valence-corrected chi connectivity index (χ2v) is 4.31. The predicted octanol–water partition coefficient (Wildman–Crippen LogP) is 3.49. The molecule has 1 aliphatic rings. The SMILES string of the molecule is O=Cc1cccc2c1CN(c1ccccc1)C=C2. The Morgan fingerprint density at radius 3 is 2.61 bits per heavy atom. The lowest BCUT2D eigenvalue weighted by atomic mass is 9.98. The van der Waals surface area contributed by atoms with Gasteiger partial charge in [0.2, 0.25) is 0 Å². The van der Waals surface area contributed by atoms with Gasteiger partial charge in [-0.1, -0.05) is 36.4 Å². The van der Waals surface area contributed by atoms with Gasteiger partial charge in [0.25, 0.3) is 0 Å². The molecule has 0 atom stereocenters. The fourth-order valence-corrected chi connectivity index (χ4v) is 2.26. The van der Waals surface area contributed by atoms with E-state index in [0.717, 1.165) is 35.2 Å². The Morgan fingerprint density at radius 1 is 1.00 bits per heavy atom. The number of para-hydroxylation sites is 1. The van der Waals surface area contributed by atoms with Gasteiger partial charge in [0.1, 0.15) is 6.29 Å². The molecule has 1 heterocycles. The number of fused-ring (bicyclic) bond motifs is 1. The predicted molar refractivity (Wildman–Crippen MR) is 73.5 cm³/mol. The van der Waals surface area contributed by atoms with E-state index in [0.29, 0.717) is 0 Å². The van der Waals surface area contributed by atoms with Crippen LogP contribution in [0.4, 0.5) is 5.69 Å². The maximum absolute atomic E-state index is 11.1. The second-order valence-electron chi connectivity index (χ2n) is 4.31. The molecule has 2 aromatic rings. The van der Waals surface area contributed by atoms with Crippen LogP contribution in [-0.2, 0) is 6.54 Å². The number of nitrogens with zero attached hydrogens (tertiary/aromatic N) is 1. The number of hydrogen-bond acceptors (Lipinski definition) is 2. The average molecular weight is 235 g/mol. The average Bonchev–Trinajstić information content (AvgIpc) is 2.47. The summed E-state index contributed by atoms with van der Waals surface area (Å²) < 4.78 is 0. The first kappa shape index (κ1) is 10.8.